The number of hydrogen-bond acceptors (Lipinski definition) is 4. The van der Waals surface area contributed by atoms with E-state index in [0.29, 0.717) is 17.8 Å². The van der Waals surface area contributed by atoms with Gasteiger partial charge in [-0.05, 0) is 37.0 Å². The molecule has 0 amide bonds. The molecule has 0 spiro atoms. The second kappa shape index (κ2) is 6.35. The molecule has 6 heteroatoms. The smallest absolute Gasteiger partial charge is 0.284 e. The van der Waals surface area contributed by atoms with E-state index >= 15 is 0 Å². The molecular weight excluding hydrogens is 316 g/mol. The number of hydrogen-bond donors (Lipinski definition) is 2. The second-order valence-corrected chi connectivity index (χ2v) is 6.74. The van der Waals surface area contributed by atoms with Gasteiger partial charge in [0.25, 0.3) is 5.56 Å². The van der Waals surface area contributed by atoms with Crippen LogP contribution in [-0.2, 0) is 12.8 Å². The van der Waals surface area contributed by atoms with Crippen LogP contribution in [0.5, 0.6) is 5.75 Å². The van der Waals surface area contributed by atoms with Crippen LogP contribution in [0.15, 0.2) is 29.1 Å². The molecule has 4 rings (SSSR count). The van der Waals surface area contributed by atoms with Gasteiger partial charge in [-0.2, -0.15) is 10.1 Å². The lowest BCUT2D eigenvalue weighted by Gasteiger charge is -2.19. The van der Waals surface area contributed by atoms with Crippen molar-refractivity contribution >= 4 is 11.0 Å². The average Bonchev–Trinajstić information content (AvgIpc) is 3.27. The molecule has 6 nitrogen and oxygen atoms in total. The van der Waals surface area contributed by atoms with Gasteiger partial charge in [-0.3, -0.25) is 9.89 Å². The molecule has 130 valence electrons. The molecule has 1 aliphatic rings. The van der Waals surface area contributed by atoms with E-state index in [9.17, 15) is 9.90 Å². The molecule has 0 aliphatic heterocycles. The van der Waals surface area contributed by atoms with Crippen molar-refractivity contribution in [3.8, 4) is 5.75 Å². The van der Waals surface area contributed by atoms with Gasteiger partial charge in [0.1, 0.15) is 17.0 Å². The fourth-order valence-corrected chi connectivity index (χ4v) is 3.84. The molecule has 1 aromatic carbocycles. The number of nitrogens with one attached hydrogen (secondary N) is 1. The molecule has 0 atom stereocenters. The van der Waals surface area contributed by atoms with Gasteiger partial charge in [0.05, 0.1) is 5.69 Å². The van der Waals surface area contributed by atoms with Crippen LogP contribution >= 0.6 is 0 Å². The number of benzene rings is 1. The Morgan fingerprint density at radius 3 is 2.64 bits per heavy atom. The zero-order valence-electron chi connectivity index (χ0n) is 14.3. The Hall–Kier alpha value is -2.63. The van der Waals surface area contributed by atoms with E-state index in [1.807, 2.05) is 19.1 Å². The highest BCUT2D eigenvalue weighted by Crippen LogP contribution is 2.33. The Morgan fingerprint density at radius 2 is 1.96 bits per heavy atom. The van der Waals surface area contributed by atoms with Crippen molar-refractivity contribution in [2.75, 3.05) is 0 Å². The summed E-state index contributed by atoms with van der Waals surface area (Å²) in [6.07, 6.45) is 5.86. The predicted octanol–water partition coefficient (Wildman–Crippen LogP) is 3.09. The van der Waals surface area contributed by atoms with Crippen molar-refractivity contribution < 1.29 is 5.11 Å². The summed E-state index contributed by atoms with van der Waals surface area (Å²) in [6, 6.07) is 7.40. The molecule has 25 heavy (non-hydrogen) atoms. The second-order valence-electron chi connectivity index (χ2n) is 6.74. The van der Waals surface area contributed by atoms with E-state index in [4.69, 9.17) is 0 Å². The van der Waals surface area contributed by atoms with Gasteiger partial charge in [0.15, 0.2) is 5.65 Å². The van der Waals surface area contributed by atoms with Gasteiger partial charge in [-0.15, -0.1) is 0 Å². The Bertz CT molecular complexity index is 950. The van der Waals surface area contributed by atoms with Crippen LogP contribution in [0.3, 0.4) is 0 Å². The first-order valence-electron chi connectivity index (χ1n) is 8.93. The normalized spacial score (nSPS) is 15.2. The van der Waals surface area contributed by atoms with E-state index in [-0.39, 0.29) is 11.3 Å². The van der Waals surface area contributed by atoms with Gasteiger partial charge < -0.3 is 9.67 Å². The van der Waals surface area contributed by atoms with Gasteiger partial charge in [0.2, 0.25) is 0 Å². The van der Waals surface area contributed by atoms with Gasteiger partial charge in [0, 0.05) is 12.5 Å². The fraction of sp³-hybridized carbons (Fsp3) is 0.421. The van der Waals surface area contributed by atoms with Gasteiger partial charge in [-0.1, -0.05) is 31.9 Å². The molecule has 1 saturated carbocycles. The maximum atomic E-state index is 12.6. The Labute approximate surface area is 145 Å². The average molecular weight is 338 g/mol. The third-order valence-electron chi connectivity index (χ3n) is 5.11. The lowest BCUT2D eigenvalue weighted by atomic mass is 10.1. The van der Waals surface area contributed by atoms with Crippen molar-refractivity contribution in [2.24, 2.45) is 0 Å². The maximum absolute atomic E-state index is 12.6. The molecule has 1 aliphatic carbocycles. The summed E-state index contributed by atoms with van der Waals surface area (Å²) in [4.78, 5) is 17.1. The summed E-state index contributed by atoms with van der Waals surface area (Å²) in [5, 5.41) is 17.6. The minimum atomic E-state index is -0.205. The van der Waals surface area contributed by atoms with Crippen LogP contribution in [0, 0.1) is 0 Å². The largest absolute Gasteiger partial charge is 0.508 e. The Kier molecular flexibility index (Phi) is 4.03. The number of phenols is 1. The summed E-state index contributed by atoms with van der Waals surface area (Å²) in [7, 11) is 0. The quantitative estimate of drug-likeness (QED) is 0.765. The minimum absolute atomic E-state index is 0.205. The molecule has 0 radical (unpaired) electrons. The van der Waals surface area contributed by atoms with Crippen LogP contribution in [0.4, 0.5) is 0 Å². The topological polar surface area (TPSA) is 83.8 Å². The Morgan fingerprint density at radius 1 is 1.24 bits per heavy atom. The highest BCUT2D eigenvalue weighted by atomic mass is 16.3. The molecule has 0 saturated heterocycles. The molecular formula is C19H22N4O2. The third kappa shape index (κ3) is 2.81. The van der Waals surface area contributed by atoms with E-state index in [1.54, 1.807) is 12.1 Å². The zero-order valence-corrected chi connectivity index (χ0v) is 14.3. The van der Waals surface area contributed by atoms with Crippen molar-refractivity contribution in [2.45, 2.75) is 51.5 Å². The standard InChI is InChI=1S/C19H22N4O2/c1-2-15-17-18(22-21-15)23(13-5-3-4-6-13)16(20-19(17)25)11-12-7-9-14(24)10-8-12/h7-10,13,24H,2-6,11H2,1H3,(H,21,22). The van der Waals surface area contributed by atoms with Gasteiger partial charge >= 0.3 is 0 Å². The Balaban J connectivity index is 1.88. The number of rotatable bonds is 4. The van der Waals surface area contributed by atoms with Crippen LogP contribution < -0.4 is 5.56 Å². The van der Waals surface area contributed by atoms with Crippen LogP contribution in [0.25, 0.3) is 11.0 Å². The van der Waals surface area contributed by atoms with Gasteiger partial charge in [-0.25, -0.2) is 0 Å². The highest BCUT2D eigenvalue weighted by molar-refractivity contribution is 5.77. The van der Waals surface area contributed by atoms with Crippen molar-refractivity contribution in [3.05, 3.63) is 51.7 Å². The first-order chi connectivity index (χ1) is 12.2. The number of aromatic hydroxyl groups is 1. The van der Waals surface area contributed by atoms with E-state index < -0.39 is 0 Å². The summed E-state index contributed by atoms with van der Waals surface area (Å²) in [6.45, 7) is 2.01. The van der Waals surface area contributed by atoms with E-state index in [0.717, 1.165) is 42.0 Å². The summed E-state index contributed by atoms with van der Waals surface area (Å²) in [5.74, 6) is 0.990. The van der Waals surface area contributed by atoms with Crippen LogP contribution in [0.1, 0.15) is 55.7 Å². The number of aryl methyl sites for hydroxylation is 1. The van der Waals surface area contributed by atoms with Crippen LogP contribution in [-0.4, -0.2) is 24.9 Å². The summed E-state index contributed by atoms with van der Waals surface area (Å²) >= 11 is 0. The van der Waals surface area contributed by atoms with Crippen molar-refractivity contribution in [1.29, 1.82) is 0 Å². The monoisotopic (exact) mass is 338 g/mol. The molecule has 2 aromatic heterocycles. The van der Waals surface area contributed by atoms with E-state index in [2.05, 4.69) is 19.7 Å². The molecule has 2 N–H and O–H groups in total. The minimum Gasteiger partial charge on any atom is -0.508 e. The molecule has 1 fully saturated rings. The fourth-order valence-electron chi connectivity index (χ4n) is 3.84. The zero-order chi connectivity index (χ0) is 17.4. The molecule has 2 heterocycles. The molecule has 0 unspecified atom stereocenters. The number of phenolic OH excluding ortho intramolecular Hbond substituents is 1. The highest BCUT2D eigenvalue weighted by Gasteiger charge is 2.24. The third-order valence-corrected chi connectivity index (χ3v) is 5.11. The maximum Gasteiger partial charge on any atom is 0.284 e. The van der Waals surface area contributed by atoms with Crippen molar-refractivity contribution in [3.63, 3.8) is 0 Å². The SMILES string of the molecule is CCc1[nH]nc2c1c(=O)nc(Cc1ccc(O)cc1)n2C1CCCC1. The number of nitrogens with zero attached hydrogens (tertiary/aromatic N) is 3. The molecule has 0 bridgehead atoms. The van der Waals surface area contributed by atoms with Crippen molar-refractivity contribution in [1.82, 2.24) is 19.7 Å². The van der Waals surface area contributed by atoms with E-state index in [1.165, 1.54) is 12.8 Å². The first-order valence-corrected chi connectivity index (χ1v) is 8.93. The number of aromatic nitrogens is 4. The van der Waals surface area contributed by atoms with Crippen LogP contribution in [0.2, 0.25) is 0 Å². The number of fused-ring (bicyclic) bond motifs is 1. The lowest BCUT2D eigenvalue weighted by molar-refractivity contribution is 0.475. The lowest BCUT2D eigenvalue weighted by Crippen LogP contribution is -2.22. The first kappa shape index (κ1) is 15.9. The number of H-pyrrole nitrogens is 1. The summed E-state index contributed by atoms with van der Waals surface area (Å²) in [5.41, 5.74) is 2.40. The number of aromatic amines is 1. The molecule has 3 aromatic rings. The predicted molar refractivity (Wildman–Crippen MR) is 95.9 cm³/mol. The summed E-state index contributed by atoms with van der Waals surface area (Å²) < 4.78 is 2.17.